The number of rotatable bonds is 3. The van der Waals surface area contributed by atoms with Crippen LogP contribution in [0.1, 0.15) is 38.2 Å². The Morgan fingerprint density at radius 3 is 2.55 bits per heavy atom. The number of nitrogens with zero attached hydrogens (tertiary/aromatic N) is 1. The first-order chi connectivity index (χ1) is 9.78. The van der Waals surface area contributed by atoms with Gasteiger partial charge in [-0.05, 0) is 48.6 Å². The van der Waals surface area contributed by atoms with Crippen LogP contribution in [0.3, 0.4) is 0 Å². The maximum atomic E-state index is 6.16. The van der Waals surface area contributed by atoms with Crippen LogP contribution in [-0.2, 0) is 5.88 Å². The maximum Gasteiger partial charge on any atom is 0.221 e. The SMILES string of the molecule is CC1CCC(Oc2ncc(CCl)c3ccccc23)CC1. The van der Waals surface area contributed by atoms with E-state index in [1.165, 1.54) is 12.8 Å². The Balaban J connectivity index is 1.88. The lowest BCUT2D eigenvalue weighted by atomic mass is 9.89. The molecule has 1 aromatic carbocycles. The van der Waals surface area contributed by atoms with E-state index in [0.29, 0.717) is 12.0 Å². The molecule has 0 unspecified atom stereocenters. The number of aromatic nitrogens is 1. The molecule has 0 amide bonds. The van der Waals surface area contributed by atoms with Crippen molar-refractivity contribution in [3.8, 4) is 5.88 Å². The lowest BCUT2D eigenvalue weighted by Crippen LogP contribution is -2.23. The Morgan fingerprint density at radius 1 is 1.15 bits per heavy atom. The van der Waals surface area contributed by atoms with Gasteiger partial charge < -0.3 is 4.74 Å². The molecular weight excluding hydrogens is 270 g/mol. The summed E-state index contributed by atoms with van der Waals surface area (Å²) in [4.78, 5) is 4.48. The third kappa shape index (κ3) is 2.76. The van der Waals surface area contributed by atoms with Crippen molar-refractivity contribution in [2.24, 2.45) is 5.92 Å². The van der Waals surface area contributed by atoms with Gasteiger partial charge in [0.1, 0.15) is 6.10 Å². The van der Waals surface area contributed by atoms with Crippen LogP contribution >= 0.6 is 11.6 Å². The standard InChI is InChI=1S/C17H20ClNO/c1-12-6-8-14(9-7-12)20-17-16-5-3-2-4-15(16)13(10-18)11-19-17/h2-5,11-12,14H,6-10H2,1H3. The van der Waals surface area contributed by atoms with Gasteiger partial charge in [0.25, 0.3) is 0 Å². The number of halogens is 1. The second-order valence-corrected chi connectivity index (χ2v) is 6.03. The summed E-state index contributed by atoms with van der Waals surface area (Å²) in [7, 11) is 0. The van der Waals surface area contributed by atoms with E-state index in [0.717, 1.165) is 41.0 Å². The van der Waals surface area contributed by atoms with E-state index in [9.17, 15) is 0 Å². The van der Waals surface area contributed by atoms with Crippen LogP contribution in [-0.4, -0.2) is 11.1 Å². The molecule has 1 saturated carbocycles. The van der Waals surface area contributed by atoms with Gasteiger partial charge in [-0.25, -0.2) is 4.98 Å². The molecule has 1 aliphatic carbocycles. The fraction of sp³-hybridized carbons (Fsp3) is 0.471. The molecule has 106 valence electrons. The van der Waals surface area contributed by atoms with Gasteiger partial charge in [0.2, 0.25) is 5.88 Å². The highest BCUT2D eigenvalue weighted by molar-refractivity contribution is 6.18. The van der Waals surface area contributed by atoms with Crippen molar-refractivity contribution >= 4 is 22.4 Å². The van der Waals surface area contributed by atoms with Crippen LogP contribution in [0.2, 0.25) is 0 Å². The van der Waals surface area contributed by atoms with Crippen molar-refractivity contribution in [2.45, 2.75) is 44.6 Å². The van der Waals surface area contributed by atoms with E-state index in [4.69, 9.17) is 16.3 Å². The molecule has 1 aromatic heterocycles. The molecular formula is C17H20ClNO. The summed E-state index contributed by atoms with van der Waals surface area (Å²) in [6.45, 7) is 2.32. The summed E-state index contributed by atoms with van der Waals surface area (Å²) in [6, 6.07) is 8.21. The zero-order valence-corrected chi connectivity index (χ0v) is 12.6. The summed E-state index contributed by atoms with van der Waals surface area (Å²) >= 11 is 5.99. The summed E-state index contributed by atoms with van der Waals surface area (Å²) in [5.74, 6) is 2.07. The van der Waals surface area contributed by atoms with E-state index in [-0.39, 0.29) is 0 Å². The van der Waals surface area contributed by atoms with Crippen LogP contribution in [0, 0.1) is 5.92 Å². The second-order valence-electron chi connectivity index (χ2n) is 5.77. The highest BCUT2D eigenvalue weighted by Gasteiger charge is 2.21. The first kappa shape index (κ1) is 13.7. The Bertz CT molecular complexity index is 591. The minimum Gasteiger partial charge on any atom is -0.474 e. The molecule has 1 heterocycles. The van der Waals surface area contributed by atoms with Gasteiger partial charge in [0.15, 0.2) is 0 Å². The zero-order chi connectivity index (χ0) is 13.9. The summed E-state index contributed by atoms with van der Waals surface area (Å²) in [5.41, 5.74) is 1.06. The van der Waals surface area contributed by atoms with E-state index in [1.807, 2.05) is 18.3 Å². The number of pyridine rings is 1. The van der Waals surface area contributed by atoms with Gasteiger partial charge in [-0.1, -0.05) is 25.1 Å². The quantitative estimate of drug-likeness (QED) is 0.747. The Labute approximate surface area is 125 Å². The number of alkyl halides is 1. The maximum absolute atomic E-state index is 6.16. The Kier molecular flexibility index (Phi) is 4.11. The number of hydrogen-bond acceptors (Lipinski definition) is 2. The van der Waals surface area contributed by atoms with Gasteiger partial charge in [-0.15, -0.1) is 11.6 Å². The van der Waals surface area contributed by atoms with Gasteiger partial charge in [0.05, 0.1) is 0 Å². The first-order valence-electron chi connectivity index (χ1n) is 7.37. The minimum absolute atomic E-state index is 0.309. The van der Waals surface area contributed by atoms with Crippen molar-refractivity contribution in [1.82, 2.24) is 4.98 Å². The molecule has 0 bridgehead atoms. The molecule has 0 atom stereocenters. The Hall–Kier alpha value is -1.28. The molecule has 0 aliphatic heterocycles. The van der Waals surface area contributed by atoms with Crippen LogP contribution < -0.4 is 4.74 Å². The molecule has 1 fully saturated rings. The fourth-order valence-electron chi connectivity index (χ4n) is 2.93. The molecule has 0 spiro atoms. The Morgan fingerprint density at radius 2 is 1.85 bits per heavy atom. The average Bonchev–Trinajstić information content (AvgIpc) is 2.50. The minimum atomic E-state index is 0.309. The van der Waals surface area contributed by atoms with Gasteiger partial charge in [-0.3, -0.25) is 0 Å². The summed E-state index contributed by atoms with van der Waals surface area (Å²) in [5, 5.41) is 2.22. The van der Waals surface area contributed by atoms with E-state index >= 15 is 0 Å². The van der Waals surface area contributed by atoms with Crippen molar-refractivity contribution in [3.63, 3.8) is 0 Å². The van der Waals surface area contributed by atoms with E-state index < -0.39 is 0 Å². The molecule has 2 nitrogen and oxygen atoms in total. The molecule has 0 saturated heterocycles. The van der Waals surface area contributed by atoms with E-state index in [2.05, 4.69) is 24.0 Å². The van der Waals surface area contributed by atoms with Gasteiger partial charge in [0, 0.05) is 17.5 Å². The zero-order valence-electron chi connectivity index (χ0n) is 11.8. The molecule has 0 N–H and O–H groups in total. The second kappa shape index (κ2) is 6.01. The monoisotopic (exact) mass is 289 g/mol. The first-order valence-corrected chi connectivity index (χ1v) is 7.90. The van der Waals surface area contributed by atoms with Crippen molar-refractivity contribution < 1.29 is 4.74 Å². The summed E-state index contributed by atoms with van der Waals surface area (Å²) < 4.78 is 6.16. The topological polar surface area (TPSA) is 22.1 Å². The molecule has 2 aromatic rings. The third-order valence-electron chi connectivity index (χ3n) is 4.23. The number of ether oxygens (including phenoxy) is 1. The molecule has 3 heteroatoms. The molecule has 3 rings (SSSR count). The van der Waals surface area contributed by atoms with E-state index in [1.54, 1.807) is 0 Å². The van der Waals surface area contributed by atoms with Gasteiger partial charge in [-0.2, -0.15) is 0 Å². The average molecular weight is 290 g/mol. The molecule has 0 radical (unpaired) electrons. The molecule has 1 aliphatic rings. The van der Waals surface area contributed by atoms with Gasteiger partial charge >= 0.3 is 0 Å². The smallest absolute Gasteiger partial charge is 0.221 e. The predicted octanol–water partition coefficient (Wildman–Crippen LogP) is 4.93. The highest BCUT2D eigenvalue weighted by Crippen LogP contribution is 2.31. The lowest BCUT2D eigenvalue weighted by molar-refractivity contribution is 0.132. The summed E-state index contributed by atoms with van der Waals surface area (Å²) in [6.07, 6.45) is 6.92. The number of benzene rings is 1. The van der Waals surface area contributed by atoms with Crippen LogP contribution in [0.5, 0.6) is 5.88 Å². The third-order valence-corrected chi connectivity index (χ3v) is 4.51. The largest absolute Gasteiger partial charge is 0.474 e. The van der Waals surface area contributed by atoms with Crippen LogP contribution in [0.25, 0.3) is 10.8 Å². The van der Waals surface area contributed by atoms with Crippen molar-refractivity contribution in [3.05, 3.63) is 36.0 Å². The highest BCUT2D eigenvalue weighted by atomic mass is 35.5. The number of fused-ring (bicyclic) bond motifs is 1. The van der Waals surface area contributed by atoms with Crippen LogP contribution in [0.4, 0.5) is 0 Å². The van der Waals surface area contributed by atoms with Crippen LogP contribution in [0.15, 0.2) is 30.5 Å². The van der Waals surface area contributed by atoms with Crippen molar-refractivity contribution in [1.29, 1.82) is 0 Å². The van der Waals surface area contributed by atoms with Crippen molar-refractivity contribution in [2.75, 3.05) is 0 Å². The number of hydrogen-bond donors (Lipinski definition) is 0. The fourth-order valence-corrected chi connectivity index (χ4v) is 3.14. The lowest BCUT2D eigenvalue weighted by Gasteiger charge is -2.26. The predicted molar refractivity (Wildman–Crippen MR) is 83.3 cm³/mol. The normalized spacial score (nSPS) is 22.9. The molecule has 20 heavy (non-hydrogen) atoms.